The molecule has 22 heavy (non-hydrogen) atoms. The molecule has 5 nitrogen and oxygen atoms in total. The van der Waals surface area contributed by atoms with E-state index in [0.717, 1.165) is 17.2 Å². The molecule has 0 bridgehead atoms. The minimum atomic E-state index is -0.0570. The summed E-state index contributed by atoms with van der Waals surface area (Å²) in [5.74, 6) is 1.54. The summed E-state index contributed by atoms with van der Waals surface area (Å²) in [4.78, 5) is 11.1. The zero-order valence-electron chi connectivity index (χ0n) is 12.5. The minimum absolute atomic E-state index is 0.0570. The van der Waals surface area contributed by atoms with E-state index in [1.807, 2.05) is 54.6 Å². The topological polar surface area (TPSA) is 59.6 Å². The van der Waals surface area contributed by atoms with Crippen LogP contribution >= 0.6 is 0 Å². The number of para-hydroxylation sites is 1. The van der Waals surface area contributed by atoms with Gasteiger partial charge in [-0.25, -0.2) is 0 Å². The molecular weight excluding hydrogens is 280 g/mol. The second-order valence-corrected chi connectivity index (χ2v) is 4.56. The van der Waals surface area contributed by atoms with Gasteiger partial charge in [0.2, 0.25) is 5.91 Å². The fourth-order valence-corrected chi connectivity index (χ4v) is 1.78. The van der Waals surface area contributed by atoms with Crippen LogP contribution in [0.5, 0.6) is 11.5 Å². The van der Waals surface area contributed by atoms with Crippen molar-refractivity contribution >= 4 is 11.6 Å². The molecule has 0 saturated heterocycles. The highest BCUT2D eigenvalue weighted by Gasteiger charge is 1.99. The first-order valence-corrected chi connectivity index (χ1v) is 7.13. The number of hydrogen-bond acceptors (Lipinski definition) is 4. The van der Waals surface area contributed by atoms with Crippen molar-refractivity contribution < 1.29 is 14.3 Å². The van der Waals surface area contributed by atoms with Crippen molar-refractivity contribution in [1.29, 1.82) is 0 Å². The maximum absolute atomic E-state index is 11.1. The van der Waals surface area contributed by atoms with E-state index in [0.29, 0.717) is 13.2 Å². The third-order valence-corrected chi connectivity index (χ3v) is 2.95. The summed E-state index contributed by atoms with van der Waals surface area (Å²) in [5, 5.41) is 5.57. The number of hydrogen-bond donors (Lipinski definition) is 2. The van der Waals surface area contributed by atoms with Crippen molar-refractivity contribution in [2.24, 2.45) is 0 Å². The smallest absolute Gasteiger partial charge is 0.239 e. The molecule has 5 heteroatoms. The molecule has 0 unspecified atom stereocenters. The summed E-state index contributed by atoms with van der Waals surface area (Å²) in [6.07, 6.45) is 0. The molecule has 0 aromatic heterocycles. The Bertz CT molecular complexity index is 570. The number of ether oxygens (including phenoxy) is 2. The fourth-order valence-electron chi connectivity index (χ4n) is 1.78. The van der Waals surface area contributed by atoms with Gasteiger partial charge in [-0.15, -0.1) is 0 Å². The summed E-state index contributed by atoms with van der Waals surface area (Å²) in [6, 6.07) is 17.1. The zero-order valence-corrected chi connectivity index (χ0v) is 12.5. The van der Waals surface area contributed by atoms with Crippen LogP contribution in [0.15, 0.2) is 54.6 Å². The van der Waals surface area contributed by atoms with Crippen molar-refractivity contribution in [2.75, 3.05) is 32.1 Å². The number of benzene rings is 2. The Morgan fingerprint density at radius 1 is 0.909 bits per heavy atom. The molecule has 0 saturated carbocycles. The second kappa shape index (κ2) is 8.56. The molecule has 0 spiro atoms. The van der Waals surface area contributed by atoms with E-state index < -0.39 is 0 Å². The normalized spacial score (nSPS) is 9.86. The molecule has 0 aliphatic heterocycles. The fraction of sp³-hybridized carbons (Fsp3) is 0.235. The van der Waals surface area contributed by atoms with Gasteiger partial charge in [0.15, 0.2) is 0 Å². The largest absolute Gasteiger partial charge is 0.490 e. The summed E-state index contributed by atoms with van der Waals surface area (Å²) >= 11 is 0. The highest BCUT2D eigenvalue weighted by molar-refractivity contribution is 5.80. The van der Waals surface area contributed by atoms with Crippen LogP contribution in [0.4, 0.5) is 5.69 Å². The van der Waals surface area contributed by atoms with E-state index in [1.165, 1.54) is 0 Å². The lowest BCUT2D eigenvalue weighted by molar-refractivity contribution is -0.118. The number of nitrogens with one attached hydrogen (secondary N) is 2. The van der Waals surface area contributed by atoms with Crippen LogP contribution in [0.1, 0.15) is 0 Å². The molecule has 0 heterocycles. The van der Waals surface area contributed by atoms with E-state index in [4.69, 9.17) is 9.47 Å². The first-order chi connectivity index (χ1) is 10.8. The lowest BCUT2D eigenvalue weighted by Gasteiger charge is -2.09. The van der Waals surface area contributed by atoms with Gasteiger partial charge in [0.05, 0.1) is 6.54 Å². The number of rotatable bonds is 8. The number of carbonyl (C=O) groups is 1. The maximum atomic E-state index is 11.1. The molecule has 116 valence electrons. The van der Waals surface area contributed by atoms with Gasteiger partial charge < -0.3 is 20.1 Å². The van der Waals surface area contributed by atoms with Crippen LogP contribution in [0, 0.1) is 0 Å². The lowest BCUT2D eigenvalue weighted by atomic mass is 10.3. The average Bonchev–Trinajstić information content (AvgIpc) is 2.58. The van der Waals surface area contributed by atoms with Crippen LogP contribution in [-0.2, 0) is 4.79 Å². The Morgan fingerprint density at radius 2 is 1.50 bits per heavy atom. The van der Waals surface area contributed by atoms with Gasteiger partial charge in [-0.2, -0.15) is 0 Å². The van der Waals surface area contributed by atoms with Crippen molar-refractivity contribution in [1.82, 2.24) is 5.32 Å². The SMILES string of the molecule is CNC(=O)CNc1ccc(OCCOc2ccccc2)cc1. The Labute approximate surface area is 130 Å². The number of amides is 1. The van der Waals surface area contributed by atoms with Crippen molar-refractivity contribution in [3.8, 4) is 11.5 Å². The van der Waals surface area contributed by atoms with E-state index in [9.17, 15) is 4.79 Å². The standard InChI is InChI=1S/C17H20N2O3/c1-18-17(20)13-19-14-7-9-16(10-8-14)22-12-11-21-15-5-3-2-4-6-15/h2-10,19H,11-13H2,1H3,(H,18,20). The van der Waals surface area contributed by atoms with Crippen molar-refractivity contribution in [2.45, 2.75) is 0 Å². The van der Waals surface area contributed by atoms with Gasteiger partial charge >= 0.3 is 0 Å². The van der Waals surface area contributed by atoms with Crippen LogP contribution in [0.3, 0.4) is 0 Å². The third kappa shape index (κ3) is 5.36. The predicted molar refractivity (Wildman–Crippen MR) is 86.4 cm³/mol. The van der Waals surface area contributed by atoms with Crippen LogP contribution in [0.2, 0.25) is 0 Å². The third-order valence-electron chi connectivity index (χ3n) is 2.95. The summed E-state index contributed by atoms with van der Waals surface area (Å²) in [5.41, 5.74) is 0.872. The first-order valence-electron chi connectivity index (χ1n) is 7.13. The molecule has 2 aromatic carbocycles. The van der Waals surface area contributed by atoms with Gasteiger partial charge in [-0.05, 0) is 36.4 Å². The van der Waals surface area contributed by atoms with E-state index in [-0.39, 0.29) is 12.5 Å². The molecule has 0 atom stereocenters. The number of carbonyl (C=O) groups excluding carboxylic acids is 1. The first kappa shape index (κ1) is 15.7. The highest BCUT2D eigenvalue weighted by Crippen LogP contribution is 2.15. The lowest BCUT2D eigenvalue weighted by Crippen LogP contribution is -2.26. The van der Waals surface area contributed by atoms with Gasteiger partial charge in [-0.1, -0.05) is 18.2 Å². The molecule has 1 amide bonds. The van der Waals surface area contributed by atoms with Gasteiger partial charge in [-0.3, -0.25) is 4.79 Å². The molecule has 0 aliphatic rings. The summed E-state index contributed by atoms with van der Waals surface area (Å²) in [7, 11) is 1.61. The van der Waals surface area contributed by atoms with Crippen molar-refractivity contribution in [3.63, 3.8) is 0 Å². The predicted octanol–water partition coefficient (Wildman–Crippen LogP) is 2.30. The van der Waals surface area contributed by atoms with E-state index in [2.05, 4.69) is 10.6 Å². The highest BCUT2D eigenvalue weighted by atomic mass is 16.5. The molecular formula is C17H20N2O3. The average molecular weight is 300 g/mol. The molecule has 0 fully saturated rings. The van der Waals surface area contributed by atoms with E-state index in [1.54, 1.807) is 7.05 Å². The molecule has 0 aliphatic carbocycles. The molecule has 2 rings (SSSR count). The Balaban J connectivity index is 1.69. The van der Waals surface area contributed by atoms with Crippen LogP contribution < -0.4 is 20.1 Å². The Morgan fingerprint density at radius 3 is 2.09 bits per heavy atom. The quantitative estimate of drug-likeness (QED) is 0.735. The Hall–Kier alpha value is -2.69. The summed E-state index contributed by atoms with van der Waals surface area (Å²) < 4.78 is 11.1. The van der Waals surface area contributed by atoms with Gasteiger partial charge in [0.1, 0.15) is 24.7 Å². The van der Waals surface area contributed by atoms with Gasteiger partial charge in [0.25, 0.3) is 0 Å². The van der Waals surface area contributed by atoms with Gasteiger partial charge in [0, 0.05) is 12.7 Å². The van der Waals surface area contributed by atoms with E-state index >= 15 is 0 Å². The summed E-state index contributed by atoms with van der Waals surface area (Å²) in [6.45, 7) is 1.21. The monoisotopic (exact) mass is 300 g/mol. The Kier molecular flexibility index (Phi) is 6.11. The second-order valence-electron chi connectivity index (χ2n) is 4.56. The molecule has 2 aromatic rings. The zero-order chi connectivity index (χ0) is 15.6. The minimum Gasteiger partial charge on any atom is -0.490 e. The number of anilines is 1. The molecule has 0 radical (unpaired) electrons. The maximum Gasteiger partial charge on any atom is 0.239 e. The molecule has 2 N–H and O–H groups in total. The van der Waals surface area contributed by atoms with Crippen LogP contribution in [-0.4, -0.2) is 32.7 Å². The number of likely N-dealkylation sites (N-methyl/N-ethyl adjacent to an activating group) is 1. The van der Waals surface area contributed by atoms with Crippen LogP contribution in [0.25, 0.3) is 0 Å². The van der Waals surface area contributed by atoms with Crippen molar-refractivity contribution in [3.05, 3.63) is 54.6 Å².